The van der Waals surface area contributed by atoms with Crippen LogP contribution in [0.15, 0.2) is 24.3 Å². The fourth-order valence-corrected chi connectivity index (χ4v) is 0.595. The predicted molar refractivity (Wildman–Crippen MR) is 31.8 cm³/mol. The standard InChI is InChI=1S/C7H8O2.Na/c8-5-6-1-3-7(9)4-2-6;/h1-4,8-9H,5H2;/q;+1/p-1. The first-order valence-electron chi connectivity index (χ1n) is 2.70. The van der Waals surface area contributed by atoms with Gasteiger partial charge in [-0.25, -0.2) is 0 Å². The van der Waals surface area contributed by atoms with Gasteiger partial charge in [0.15, 0.2) is 0 Å². The first kappa shape index (κ1) is 9.98. The summed E-state index contributed by atoms with van der Waals surface area (Å²) in [6, 6.07) is 6.10. The van der Waals surface area contributed by atoms with E-state index in [2.05, 4.69) is 0 Å². The maximum absolute atomic E-state index is 10.5. The first-order chi connectivity index (χ1) is 4.33. The summed E-state index contributed by atoms with van der Waals surface area (Å²) in [6.45, 7) is 0.000278. The van der Waals surface area contributed by atoms with Gasteiger partial charge in [0.2, 0.25) is 0 Å². The second kappa shape index (κ2) is 4.74. The van der Waals surface area contributed by atoms with Crippen LogP contribution in [-0.4, -0.2) is 5.11 Å². The fourth-order valence-electron chi connectivity index (χ4n) is 0.595. The van der Waals surface area contributed by atoms with Crippen LogP contribution in [0, 0.1) is 0 Å². The third-order valence-electron chi connectivity index (χ3n) is 1.11. The minimum atomic E-state index is -0.0211. The van der Waals surface area contributed by atoms with Crippen molar-refractivity contribution in [3.63, 3.8) is 0 Å². The van der Waals surface area contributed by atoms with Gasteiger partial charge in [-0.15, -0.1) is 5.75 Å². The molecule has 0 aromatic heterocycles. The zero-order chi connectivity index (χ0) is 6.69. The second-order valence-electron chi connectivity index (χ2n) is 1.80. The van der Waals surface area contributed by atoms with Crippen LogP contribution in [0.25, 0.3) is 0 Å². The minimum Gasteiger partial charge on any atom is -0.872 e. The average Bonchev–Trinajstić information content (AvgIpc) is 1.90. The summed E-state index contributed by atoms with van der Waals surface area (Å²) in [5, 5.41) is 19.0. The molecule has 0 aliphatic rings. The fraction of sp³-hybridized carbons (Fsp3) is 0.143. The van der Waals surface area contributed by atoms with E-state index in [1.165, 1.54) is 12.1 Å². The summed E-state index contributed by atoms with van der Waals surface area (Å²) in [5.41, 5.74) is 0.773. The summed E-state index contributed by atoms with van der Waals surface area (Å²) in [7, 11) is 0. The van der Waals surface area contributed by atoms with Crippen LogP contribution >= 0.6 is 0 Å². The van der Waals surface area contributed by atoms with Gasteiger partial charge in [0.25, 0.3) is 0 Å². The van der Waals surface area contributed by atoms with Crippen molar-refractivity contribution in [1.82, 2.24) is 0 Å². The molecular formula is C7H7NaO2. The van der Waals surface area contributed by atoms with E-state index in [1.54, 1.807) is 12.1 Å². The van der Waals surface area contributed by atoms with E-state index in [4.69, 9.17) is 5.11 Å². The zero-order valence-corrected chi connectivity index (χ0v) is 7.87. The van der Waals surface area contributed by atoms with Gasteiger partial charge in [-0.1, -0.05) is 24.3 Å². The van der Waals surface area contributed by atoms with E-state index in [9.17, 15) is 5.11 Å². The van der Waals surface area contributed by atoms with Crippen molar-refractivity contribution in [3.8, 4) is 5.75 Å². The number of benzene rings is 1. The summed E-state index contributed by atoms with van der Waals surface area (Å²) in [5.74, 6) is -0.0211. The van der Waals surface area contributed by atoms with Crippen molar-refractivity contribution >= 4 is 0 Å². The molecule has 0 unspecified atom stereocenters. The van der Waals surface area contributed by atoms with Crippen molar-refractivity contribution in [3.05, 3.63) is 29.8 Å². The Balaban J connectivity index is 0.000000810. The van der Waals surface area contributed by atoms with Gasteiger partial charge in [0.05, 0.1) is 6.61 Å². The molecule has 3 heteroatoms. The molecule has 10 heavy (non-hydrogen) atoms. The molecule has 48 valence electrons. The number of aliphatic hydroxyl groups excluding tert-OH is 1. The Hall–Kier alpha value is -0.0200. The zero-order valence-electron chi connectivity index (χ0n) is 5.87. The van der Waals surface area contributed by atoms with Crippen LogP contribution in [0.2, 0.25) is 0 Å². The summed E-state index contributed by atoms with van der Waals surface area (Å²) in [4.78, 5) is 0. The Morgan fingerprint density at radius 3 is 2.10 bits per heavy atom. The van der Waals surface area contributed by atoms with Crippen LogP contribution in [0.1, 0.15) is 5.56 Å². The molecule has 0 saturated heterocycles. The molecule has 0 atom stereocenters. The predicted octanol–water partition coefficient (Wildman–Crippen LogP) is -2.74. The van der Waals surface area contributed by atoms with Crippen molar-refractivity contribution in [2.24, 2.45) is 0 Å². The van der Waals surface area contributed by atoms with Crippen LogP contribution in [0.4, 0.5) is 0 Å². The van der Waals surface area contributed by atoms with Crippen LogP contribution in [0.3, 0.4) is 0 Å². The Kier molecular flexibility index (Phi) is 4.73. The van der Waals surface area contributed by atoms with Gasteiger partial charge in [-0.3, -0.25) is 0 Å². The van der Waals surface area contributed by atoms with Gasteiger partial charge in [0.1, 0.15) is 0 Å². The molecule has 1 aromatic carbocycles. The normalized spacial score (nSPS) is 8.50. The van der Waals surface area contributed by atoms with E-state index in [0.29, 0.717) is 0 Å². The second-order valence-corrected chi connectivity index (χ2v) is 1.80. The molecule has 2 nitrogen and oxygen atoms in total. The molecule has 0 heterocycles. The summed E-state index contributed by atoms with van der Waals surface area (Å²) in [6.07, 6.45) is 0. The Morgan fingerprint density at radius 1 is 1.20 bits per heavy atom. The van der Waals surface area contributed by atoms with Gasteiger partial charge >= 0.3 is 29.6 Å². The van der Waals surface area contributed by atoms with Gasteiger partial charge < -0.3 is 10.2 Å². The van der Waals surface area contributed by atoms with E-state index >= 15 is 0 Å². The van der Waals surface area contributed by atoms with E-state index in [1.807, 2.05) is 0 Å². The molecule has 1 aromatic rings. The monoisotopic (exact) mass is 146 g/mol. The maximum atomic E-state index is 10.5. The van der Waals surface area contributed by atoms with E-state index < -0.39 is 0 Å². The number of aliphatic hydroxyl groups is 1. The Labute approximate surface area is 81.8 Å². The SMILES string of the molecule is [Na+].[O-]c1ccc(CO)cc1. The first-order valence-corrected chi connectivity index (χ1v) is 2.70. The van der Waals surface area contributed by atoms with Crippen LogP contribution in [-0.2, 0) is 6.61 Å². The molecule has 0 radical (unpaired) electrons. The smallest absolute Gasteiger partial charge is 0.872 e. The number of hydrogen-bond donors (Lipinski definition) is 1. The minimum absolute atomic E-state index is 0. The van der Waals surface area contributed by atoms with Crippen molar-refractivity contribution in [2.75, 3.05) is 0 Å². The third kappa shape index (κ3) is 2.71. The Bertz CT molecular complexity index is 183. The quantitative estimate of drug-likeness (QED) is 0.437. The van der Waals surface area contributed by atoms with Crippen molar-refractivity contribution in [1.29, 1.82) is 0 Å². The molecule has 0 aliphatic carbocycles. The molecule has 0 spiro atoms. The number of rotatable bonds is 1. The van der Waals surface area contributed by atoms with Crippen molar-refractivity contribution in [2.45, 2.75) is 6.61 Å². The maximum Gasteiger partial charge on any atom is 1.00 e. The summed E-state index contributed by atoms with van der Waals surface area (Å²) < 4.78 is 0. The molecule has 1 N–H and O–H groups in total. The molecular weight excluding hydrogens is 139 g/mol. The Morgan fingerprint density at radius 2 is 1.70 bits per heavy atom. The molecule has 0 fully saturated rings. The van der Waals surface area contributed by atoms with E-state index in [-0.39, 0.29) is 41.9 Å². The molecule has 0 saturated carbocycles. The molecule has 0 bridgehead atoms. The van der Waals surface area contributed by atoms with Gasteiger partial charge in [-0.2, -0.15) is 0 Å². The van der Waals surface area contributed by atoms with Crippen LogP contribution in [0.5, 0.6) is 5.75 Å². The van der Waals surface area contributed by atoms with Crippen LogP contribution < -0.4 is 34.7 Å². The molecule has 0 amide bonds. The summed E-state index contributed by atoms with van der Waals surface area (Å²) >= 11 is 0. The number of hydrogen-bond acceptors (Lipinski definition) is 2. The molecule has 0 aliphatic heterocycles. The van der Waals surface area contributed by atoms with Gasteiger partial charge in [-0.05, 0) is 5.56 Å². The largest absolute Gasteiger partial charge is 1.00 e. The van der Waals surface area contributed by atoms with Gasteiger partial charge in [0, 0.05) is 0 Å². The van der Waals surface area contributed by atoms with Crippen molar-refractivity contribution < 1.29 is 39.8 Å². The third-order valence-corrected chi connectivity index (χ3v) is 1.11. The molecule has 1 rings (SSSR count). The topological polar surface area (TPSA) is 43.3 Å². The average molecular weight is 146 g/mol. The van der Waals surface area contributed by atoms with E-state index in [0.717, 1.165) is 5.56 Å².